The van der Waals surface area contributed by atoms with Crippen molar-refractivity contribution in [2.45, 2.75) is 45.4 Å². The zero-order valence-corrected chi connectivity index (χ0v) is 21.2. The molecule has 7 nitrogen and oxygen atoms in total. The van der Waals surface area contributed by atoms with E-state index in [0.717, 1.165) is 36.8 Å². The van der Waals surface area contributed by atoms with E-state index >= 15 is 0 Å². The van der Waals surface area contributed by atoms with Gasteiger partial charge < -0.3 is 20.0 Å². The number of hydrogen-bond donors (Lipinski definition) is 1. The number of piperazine rings is 1. The lowest BCUT2D eigenvalue weighted by Crippen LogP contribution is -2.55. The molecule has 2 saturated heterocycles. The summed E-state index contributed by atoms with van der Waals surface area (Å²) in [7, 11) is -1.35. The van der Waals surface area contributed by atoms with Crippen LogP contribution in [0.1, 0.15) is 29.4 Å². The molecule has 4 rings (SSSR count). The van der Waals surface area contributed by atoms with E-state index in [1.807, 2.05) is 21.9 Å². The van der Waals surface area contributed by atoms with Crippen LogP contribution in [0, 0.1) is 0 Å². The number of rotatable bonds is 4. The minimum atomic E-state index is -1.35. The average Bonchev–Trinajstić information content (AvgIpc) is 3.45. The fourth-order valence-electron chi connectivity index (χ4n) is 4.27. The molecule has 0 bridgehead atoms. The molecule has 3 amide bonds. The molecule has 2 aromatic rings. The second-order valence-corrected chi connectivity index (χ2v) is 15.8. The molecule has 2 aliphatic heterocycles. The lowest BCUT2D eigenvalue weighted by Gasteiger charge is -2.39. The average molecular weight is 472 g/mol. The molecule has 1 unspecified atom stereocenters. The molecule has 3 heterocycles. The fraction of sp³-hybridized carbons (Fsp3) is 0.522. The van der Waals surface area contributed by atoms with Gasteiger partial charge in [0, 0.05) is 44.5 Å². The van der Waals surface area contributed by atoms with Crippen molar-refractivity contribution in [1.82, 2.24) is 14.8 Å². The number of nitrogens with zero attached hydrogens (tertiary/aromatic N) is 4. The summed E-state index contributed by atoms with van der Waals surface area (Å²) in [5.41, 5.74) is 0.830. The van der Waals surface area contributed by atoms with E-state index in [0.29, 0.717) is 24.5 Å². The largest absolute Gasteiger partial charge is 0.344 e. The number of aromatic nitrogens is 1. The van der Waals surface area contributed by atoms with Crippen LogP contribution in [0.2, 0.25) is 19.6 Å². The highest BCUT2D eigenvalue weighted by atomic mass is 32.1. The van der Waals surface area contributed by atoms with Crippen LogP contribution in [-0.4, -0.2) is 73.6 Å². The molecule has 2 aliphatic rings. The Balaban J connectivity index is 1.34. The summed E-state index contributed by atoms with van der Waals surface area (Å²) < 4.78 is 0. The van der Waals surface area contributed by atoms with Gasteiger partial charge in [-0.05, 0) is 31.9 Å². The van der Waals surface area contributed by atoms with Crippen molar-refractivity contribution in [2.24, 2.45) is 0 Å². The number of thiazole rings is 1. The molecule has 1 aromatic heterocycles. The minimum absolute atomic E-state index is 0.0478. The molecule has 1 N–H and O–H groups in total. The van der Waals surface area contributed by atoms with Crippen molar-refractivity contribution in [3.05, 3.63) is 35.3 Å². The second-order valence-electron chi connectivity index (χ2n) is 9.75. The van der Waals surface area contributed by atoms with Gasteiger partial charge >= 0.3 is 6.03 Å². The van der Waals surface area contributed by atoms with E-state index in [9.17, 15) is 9.59 Å². The number of urea groups is 1. The van der Waals surface area contributed by atoms with Crippen molar-refractivity contribution >= 4 is 47.4 Å². The summed E-state index contributed by atoms with van der Waals surface area (Å²) in [4.78, 5) is 36.7. The summed E-state index contributed by atoms with van der Waals surface area (Å²) in [6, 6.07) is 8.25. The van der Waals surface area contributed by atoms with E-state index < -0.39 is 8.07 Å². The molecular weight excluding hydrogens is 438 g/mol. The molecule has 0 saturated carbocycles. The first-order chi connectivity index (χ1) is 15.2. The van der Waals surface area contributed by atoms with Crippen molar-refractivity contribution in [1.29, 1.82) is 0 Å². The predicted octanol–water partition coefficient (Wildman–Crippen LogP) is 3.67. The van der Waals surface area contributed by atoms with Gasteiger partial charge in [-0.25, -0.2) is 9.78 Å². The third-order valence-electron chi connectivity index (χ3n) is 6.26. The topological polar surface area (TPSA) is 68.8 Å². The van der Waals surface area contributed by atoms with Crippen LogP contribution in [0.25, 0.3) is 0 Å². The van der Waals surface area contributed by atoms with Crippen molar-refractivity contribution < 1.29 is 9.59 Å². The normalized spacial score (nSPS) is 19.4. The number of anilines is 2. The smallest absolute Gasteiger partial charge is 0.322 e. The molecule has 9 heteroatoms. The summed E-state index contributed by atoms with van der Waals surface area (Å²) in [5, 5.41) is 5.29. The van der Waals surface area contributed by atoms with Crippen molar-refractivity contribution in [3.63, 3.8) is 0 Å². The Morgan fingerprint density at radius 3 is 2.38 bits per heavy atom. The monoisotopic (exact) mass is 471 g/mol. The number of nitrogens with one attached hydrogen (secondary N) is 1. The Kier molecular flexibility index (Phi) is 6.57. The zero-order chi connectivity index (χ0) is 22.9. The SMILES string of the molecule is CC1CN(c2ncc(C(=O)N3CCCC3)s2)CCN1C(=O)Nc1ccc([Si](C)(C)C)cc1. The molecule has 1 aromatic carbocycles. The van der Waals surface area contributed by atoms with E-state index in [2.05, 4.69) is 53.9 Å². The number of carbonyl (C=O) groups is 2. The molecule has 2 fully saturated rings. The van der Waals surface area contributed by atoms with Gasteiger partial charge in [-0.3, -0.25) is 4.79 Å². The molecule has 1 atom stereocenters. The number of likely N-dealkylation sites (tertiary alicyclic amines) is 1. The number of amides is 3. The van der Waals surface area contributed by atoms with Gasteiger partial charge in [0.2, 0.25) is 0 Å². The highest BCUT2D eigenvalue weighted by Crippen LogP contribution is 2.27. The lowest BCUT2D eigenvalue weighted by atomic mass is 10.2. The van der Waals surface area contributed by atoms with Crippen LogP contribution >= 0.6 is 11.3 Å². The summed E-state index contributed by atoms with van der Waals surface area (Å²) in [6.07, 6.45) is 3.87. The van der Waals surface area contributed by atoms with Gasteiger partial charge in [0.1, 0.15) is 4.88 Å². The van der Waals surface area contributed by atoms with Crippen LogP contribution < -0.4 is 15.4 Å². The maximum atomic E-state index is 12.9. The Labute approximate surface area is 195 Å². The van der Waals surface area contributed by atoms with Gasteiger partial charge in [0.15, 0.2) is 5.13 Å². The highest BCUT2D eigenvalue weighted by Gasteiger charge is 2.30. The van der Waals surface area contributed by atoms with Crippen LogP contribution in [0.15, 0.2) is 30.5 Å². The third-order valence-corrected chi connectivity index (χ3v) is 9.37. The second kappa shape index (κ2) is 9.23. The van der Waals surface area contributed by atoms with Crippen LogP contribution in [-0.2, 0) is 0 Å². The van der Waals surface area contributed by atoms with Crippen LogP contribution in [0.5, 0.6) is 0 Å². The van der Waals surface area contributed by atoms with Gasteiger partial charge in [-0.1, -0.05) is 48.3 Å². The predicted molar refractivity (Wildman–Crippen MR) is 134 cm³/mol. The van der Waals surface area contributed by atoms with E-state index in [4.69, 9.17) is 0 Å². The molecule has 172 valence electrons. The molecule has 0 radical (unpaired) electrons. The molecule has 32 heavy (non-hydrogen) atoms. The van der Waals surface area contributed by atoms with Gasteiger partial charge in [0.25, 0.3) is 5.91 Å². The number of carbonyl (C=O) groups excluding carboxylic acids is 2. The summed E-state index contributed by atoms with van der Waals surface area (Å²) >= 11 is 1.46. The molecular formula is C23H33N5O2SSi. The zero-order valence-electron chi connectivity index (χ0n) is 19.4. The van der Waals surface area contributed by atoms with E-state index in [1.165, 1.54) is 16.5 Å². The lowest BCUT2D eigenvalue weighted by molar-refractivity contribution is 0.0797. The summed E-state index contributed by atoms with van der Waals surface area (Å²) in [6.45, 7) is 12.7. The minimum Gasteiger partial charge on any atom is -0.344 e. The molecule has 0 aliphatic carbocycles. The highest BCUT2D eigenvalue weighted by molar-refractivity contribution is 7.17. The third kappa shape index (κ3) is 4.99. The van der Waals surface area contributed by atoms with Gasteiger partial charge in [0.05, 0.1) is 14.3 Å². The molecule has 0 spiro atoms. The number of hydrogen-bond acceptors (Lipinski definition) is 5. The Bertz CT molecular complexity index is 966. The van der Waals surface area contributed by atoms with Crippen LogP contribution in [0.4, 0.5) is 15.6 Å². The Hall–Kier alpha value is -2.39. The van der Waals surface area contributed by atoms with E-state index in [-0.39, 0.29) is 18.0 Å². The maximum Gasteiger partial charge on any atom is 0.322 e. The van der Waals surface area contributed by atoms with Gasteiger partial charge in [-0.15, -0.1) is 0 Å². The van der Waals surface area contributed by atoms with Crippen molar-refractivity contribution in [3.8, 4) is 0 Å². The quantitative estimate of drug-likeness (QED) is 0.691. The first kappa shape index (κ1) is 22.8. The van der Waals surface area contributed by atoms with Crippen molar-refractivity contribution in [2.75, 3.05) is 42.9 Å². The standard InChI is InChI=1S/C23H33N5O2SSi/c1-17-16-27(23-24-15-20(31-23)21(29)26-11-5-6-12-26)13-14-28(17)22(30)25-18-7-9-19(10-8-18)32(2,3)4/h7-10,15,17H,5-6,11-14,16H2,1-4H3,(H,25,30). The van der Waals surface area contributed by atoms with E-state index in [1.54, 1.807) is 6.20 Å². The maximum absolute atomic E-state index is 12.9. The first-order valence-electron chi connectivity index (χ1n) is 11.4. The van der Waals surface area contributed by atoms with Gasteiger partial charge in [-0.2, -0.15) is 0 Å². The van der Waals surface area contributed by atoms with Crippen LogP contribution in [0.3, 0.4) is 0 Å². The first-order valence-corrected chi connectivity index (χ1v) is 15.7. The Morgan fingerprint density at radius 1 is 1.06 bits per heavy atom. The fourth-order valence-corrected chi connectivity index (χ4v) is 6.35. The summed E-state index contributed by atoms with van der Waals surface area (Å²) in [5.74, 6) is 0.0949. The number of benzene rings is 1. The Morgan fingerprint density at radius 2 is 1.75 bits per heavy atom.